The third-order valence-electron chi connectivity index (χ3n) is 12.0. The molecular weight excluding hydrogens is 733 g/mol. The number of aromatic nitrogens is 1. The fourth-order valence-corrected chi connectivity index (χ4v) is 10.4. The molecule has 12 rings (SSSR count). The summed E-state index contributed by atoms with van der Waals surface area (Å²) in [6.45, 7) is 0. The minimum Gasteiger partial charge on any atom is -0.310 e. The van der Waals surface area contributed by atoms with E-state index in [0.29, 0.717) is 0 Å². The molecular formula is C56H36N2S. The SMILES string of the molecule is c1ccc2cc(-c3ccc(-c4ccc(N(c5ccc(-n6c7ccccc7c7ccccc76)cc5)c5cccc6sc7ccccc7c56)cc4)c4ccccc34)ccc2c1. The van der Waals surface area contributed by atoms with Crippen molar-refractivity contribution < 1.29 is 0 Å². The standard InChI is InChI=1S/C56H36N2S/c1-2-13-39-36-40(25-24-37(39)12-1)45-35-34-44(46-14-3-4-15-47(45)46)38-26-28-41(29-27-38)57(53-21-11-23-55-56(53)50-18-7-10-22-54(50)59-55)42-30-32-43(33-31-42)58-51-19-8-5-16-48(51)49-17-6-9-20-52(49)58/h1-36H. The van der Waals surface area contributed by atoms with Crippen LogP contribution in [0.1, 0.15) is 0 Å². The van der Waals surface area contributed by atoms with Gasteiger partial charge in [0.1, 0.15) is 0 Å². The third kappa shape index (κ3) is 5.47. The van der Waals surface area contributed by atoms with Gasteiger partial charge in [0.25, 0.3) is 0 Å². The lowest BCUT2D eigenvalue weighted by Gasteiger charge is -2.27. The topological polar surface area (TPSA) is 8.17 Å². The minimum atomic E-state index is 1.11. The second-order valence-corrected chi connectivity index (χ2v) is 16.4. The van der Waals surface area contributed by atoms with Crippen molar-refractivity contribution in [3.05, 3.63) is 218 Å². The largest absolute Gasteiger partial charge is 0.310 e. The van der Waals surface area contributed by atoms with Crippen molar-refractivity contribution in [3.63, 3.8) is 0 Å². The van der Waals surface area contributed by atoms with Crippen LogP contribution in [0.2, 0.25) is 0 Å². The van der Waals surface area contributed by atoms with Gasteiger partial charge in [-0.05, 0) is 117 Å². The van der Waals surface area contributed by atoms with Gasteiger partial charge in [-0.2, -0.15) is 0 Å². The predicted octanol–water partition coefficient (Wildman–Crippen LogP) is 16.3. The summed E-state index contributed by atoms with van der Waals surface area (Å²) in [4.78, 5) is 2.43. The highest BCUT2D eigenvalue weighted by Gasteiger charge is 2.20. The van der Waals surface area contributed by atoms with Crippen molar-refractivity contribution in [1.29, 1.82) is 0 Å². The van der Waals surface area contributed by atoms with Gasteiger partial charge in [0, 0.05) is 48.0 Å². The van der Waals surface area contributed by atoms with Gasteiger partial charge in [-0.25, -0.2) is 0 Å². The highest BCUT2D eigenvalue weighted by Crippen LogP contribution is 2.46. The molecule has 0 bridgehead atoms. The van der Waals surface area contributed by atoms with E-state index < -0.39 is 0 Å². The van der Waals surface area contributed by atoms with Crippen LogP contribution in [0.25, 0.3) is 91.5 Å². The van der Waals surface area contributed by atoms with Crippen LogP contribution in [0.3, 0.4) is 0 Å². The zero-order valence-corrected chi connectivity index (χ0v) is 32.9. The first-order chi connectivity index (χ1) is 29.3. The van der Waals surface area contributed by atoms with E-state index in [2.05, 4.69) is 228 Å². The Morgan fingerprint density at radius 2 is 0.881 bits per heavy atom. The number of nitrogens with zero attached hydrogens (tertiary/aromatic N) is 2. The summed E-state index contributed by atoms with van der Waals surface area (Å²) < 4.78 is 4.96. The van der Waals surface area contributed by atoms with Crippen LogP contribution in [0, 0.1) is 0 Å². The Morgan fingerprint density at radius 1 is 0.356 bits per heavy atom. The van der Waals surface area contributed by atoms with Crippen LogP contribution in [0.5, 0.6) is 0 Å². The van der Waals surface area contributed by atoms with Gasteiger partial charge in [-0.15, -0.1) is 11.3 Å². The average molecular weight is 769 g/mol. The van der Waals surface area contributed by atoms with Gasteiger partial charge in [-0.3, -0.25) is 0 Å². The van der Waals surface area contributed by atoms with Gasteiger partial charge >= 0.3 is 0 Å². The number of anilines is 3. The molecule has 0 atom stereocenters. The number of thiophene rings is 1. The zero-order valence-electron chi connectivity index (χ0n) is 32.1. The van der Waals surface area contributed by atoms with Gasteiger partial charge in [0.2, 0.25) is 0 Å². The molecule has 59 heavy (non-hydrogen) atoms. The smallest absolute Gasteiger partial charge is 0.0554 e. The maximum atomic E-state index is 2.43. The fraction of sp³-hybridized carbons (Fsp3) is 0. The van der Waals surface area contributed by atoms with E-state index in [1.165, 1.54) is 91.5 Å². The molecule has 2 heterocycles. The van der Waals surface area contributed by atoms with Crippen LogP contribution in [-0.4, -0.2) is 4.57 Å². The highest BCUT2D eigenvalue weighted by molar-refractivity contribution is 7.26. The predicted molar refractivity (Wildman–Crippen MR) is 254 cm³/mol. The molecule has 0 fully saturated rings. The lowest BCUT2D eigenvalue weighted by molar-refractivity contribution is 1.17. The van der Waals surface area contributed by atoms with Crippen molar-refractivity contribution in [2.24, 2.45) is 0 Å². The molecule has 0 unspecified atom stereocenters. The van der Waals surface area contributed by atoms with E-state index in [4.69, 9.17) is 0 Å². The van der Waals surface area contributed by atoms with Crippen molar-refractivity contribution in [2.45, 2.75) is 0 Å². The molecule has 276 valence electrons. The number of fused-ring (bicyclic) bond motifs is 8. The molecule has 0 radical (unpaired) electrons. The van der Waals surface area contributed by atoms with Crippen LogP contribution >= 0.6 is 11.3 Å². The monoisotopic (exact) mass is 768 g/mol. The quantitative estimate of drug-likeness (QED) is 0.164. The number of hydrogen-bond donors (Lipinski definition) is 0. The van der Waals surface area contributed by atoms with Gasteiger partial charge in [0.05, 0.1) is 16.7 Å². The van der Waals surface area contributed by atoms with Crippen LogP contribution in [0.15, 0.2) is 218 Å². The lowest BCUT2D eigenvalue weighted by atomic mass is 9.91. The molecule has 3 heteroatoms. The van der Waals surface area contributed by atoms with Gasteiger partial charge in [-0.1, -0.05) is 146 Å². The Morgan fingerprint density at radius 3 is 1.58 bits per heavy atom. The van der Waals surface area contributed by atoms with E-state index in [1.807, 2.05) is 11.3 Å². The molecule has 0 saturated carbocycles. The molecule has 12 aromatic rings. The molecule has 2 aromatic heterocycles. The van der Waals surface area contributed by atoms with Crippen LogP contribution in [-0.2, 0) is 0 Å². The first-order valence-corrected chi connectivity index (χ1v) is 21.0. The summed E-state index contributed by atoms with van der Waals surface area (Å²) in [7, 11) is 0. The third-order valence-corrected chi connectivity index (χ3v) is 13.1. The number of hydrogen-bond acceptors (Lipinski definition) is 2. The molecule has 2 nitrogen and oxygen atoms in total. The van der Waals surface area contributed by atoms with E-state index in [-0.39, 0.29) is 0 Å². The Labute approximate surface area is 346 Å². The minimum absolute atomic E-state index is 1.11. The molecule has 0 amide bonds. The molecule has 0 aliphatic rings. The van der Waals surface area contributed by atoms with Crippen LogP contribution < -0.4 is 4.90 Å². The number of para-hydroxylation sites is 2. The van der Waals surface area contributed by atoms with Crippen molar-refractivity contribution in [1.82, 2.24) is 4.57 Å². The Hall–Kier alpha value is -7.46. The molecule has 0 aliphatic heterocycles. The van der Waals surface area contributed by atoms with E-state index in [9.17, 15) is 0 Å². The zero-order chi connectivity index (χ0) is 38.9. The summed E-state index contributed by atoms with van der Waals surface area (Å²) in [6.07, 6.45) is 0. The average Bonchev–Trinajstić information content (AvgIpc) is 3.86. The maximum absolute atomic E-state index is 2.43. The fourth-order valence-electron chi connectivity index (χ4n) is 9.27. The number of rotatable bonds is 6. The molecule has 0 spiro atoms. The highest BCUT2D eigenvalue weighted by atomic mass is 32.1. The first-order valence-electron chi connectivity index (χ1n) is 20.2. The second kappa shape index (κ2) is 13.6. The van der Waals surface area contributed by atoms with Crippen molar-refractivity contribution >= 4 is 91.9 Å². The van der Waals surface area contributed by atoms with Gasteiger partial charge < -0.3 is 9.47 Å². The Bertz CT molecular complexity index is 3500. The normalized spacial score (nSPS) is 11.7. The first kappa shape index (κ1) is 33.7. The molecule has 0 N–H and O–H groups in total. The van der Waals surface area contributed by atoms with Gasteiger partial charge in [0.15, 0.2) is 0 Å². The van der Waals surface area contributed by atoms with E-state index >= 15 is 0 Å². The summed E-state index contributed by atoms with van der Waals surface area (Å²) in [5, 5.41) is 10.1. The van der Waals surface area contributed by atoms with Crippen molar-refractivity contribution in [2.75, 3.05) is 4.90 Å². The lowest BCUT2D eigenvalue weighted by Crippen LogP contribution is -2.10. The number of benzene rings is 10. The second-order valence-electron chi connectivity index (χ2n) is 15.3. The summed E-state index contributed by atoms with van der Waals surface area (Å²) in [6, 6.07) is 80.0. The van der Waals surface area contributed by atoms with Crippen molar-refractivity contribution in [3.8, 4) is 27.9 Å². The summed E-state index contributed by atoms with van der Waals surface area (Å²) in [5.74, 6) is 0. The Kier molecular flexibility index (Phi) is 7.75. The molecule has 10 aromatic carbocycles. The van der Waals surface area contributed by atoms with E-state index in [0.717, 1.165) is 17.1 Å². The Balaban J connectivity index is 0.991. The molecule has 0 saturated heterocycles. The van der Waals surface area contributed by atoms with E-state index in [1.54, 1.807) is 0 Å². The molecule has 0 aliphatic carbocycles. The summed E-state index contributed by atoms with van der Waals surface area (Å²) >= 11 is 1.86. The summed E-state index contributed by atoms with van der Waals surface area (Å²) in [5.41, 5.74) is 11.8. The maximum Gasteiger partial charge on any atom is 0.0554 e. The van der Waals surface area contributed by atoms with Crippen LogP contribution in [0.4, 0.5) is 17.1 Å².